The van der Waals surface area contributed by atoms with Gasteiger partial charge in [0, 0.05) is 11.1 Å². The van der Waals surface area contributed by atoms with E-state index in [1.54, 1.807) is 43.3 Å². The molecule has 0 aliphatic heterocycles. The highest BCUT2D eigenvalue weighted by Crippen LogP contribution is 2.27. The number of benzene rings is 3. The lowest BCUT2D eigenvalue weighted by atomic mass is 10.0. The van der Waals surface area contributed by atoms with Crippen LogP contribution in [0.2, 0.25) is 0 Å². The lowest BCUT2D eigenvalue weighted by Gasteiger charge is -2.12. The molecule has 9 nitrogen and oxygen atoms in total. The zero-order chi connectivity index (χ0) is 41.9. The predicted octanol–water partition coefficient (Wildman–Crippen LogP) is 13.4. The van der Waals surface area contributed by atoms with Crippen LogP contribution in [-0.2, 0) is 19.0 Å². The van der Waals surface area contributed by atoms with Gasteiger partial charge in [0.25, 0.3) is 5.89 Å². The topological polar surface area (TPSA) is 118 Å². The number of carbonyl (C=O) groups excluding carboxylic acids is 3. The number of unbranched alkanes of at least 4 members (excludes halogenated alkanes) is 18. The van der Waals surface area contributed by atoms with Crippen molar-refractivity contribution in [2.75, 3.05) is 19.8 Å². The van der Waals surface area contributed by atoms with Crippen LogP contribution in [0, 0.1) is 5.92 Å². The van der Waals surface area contributed by atoms with Crippen LogP contribution in [0.25, 0.3) is 34.0 Å². The predicted molar refractivity (Wildman–Crippen MR) is 235 cm³/mol. The Kier molecular flexibility index (Phi) is 22.1. The molecule has 1 heterocycles. The highest BCUT2D eigenvalue weighted by Gasteiger charge is 2.18. The molecule has 1 aromatic heterocycles. The van der Waals surface area contributed by atoms with Crippen molar-refractivity contribution in [1.29, 1.82) is 0 Å². The first-order chi connectivity index (χ1) is 28.9. The number of nitrogens with zero attached hydrogens (tertiary/aromatic N) is 2. The van der Waals surface area contributed by atoms with E-state index >= 15 is 0 Å². The average molecular weight is 809 g/mol. The van der Waals surface area contributed by atoms with E-state index in [4.69, 9.17) is 18.7 Å². The van der Waals surface area contributed by atoms with Crippen molar-refractivity contribution in [3.8, 4) is 34.0 Å². The van der Waals surface area contributed by atoms with E-state index in [2.05, 4.69) is 24.0 Å². The minimum Gasteiger partial charge on any atom is -0.465 e. The highest BCUT2D eigenvalue weighted by atomic mass is 16.6. The molecule has 0 fully saturated rings. The van der Waals surface area contributed by atoms with Gasteiger partial charge in [0.2, 0.25) is 5.82 Å². The smallest absolute Gasteiger partial charge is 0.338 e. The Morgan fingerprint density at radius 3 is 1.37 bits per heavy atom. The van der Waals surface area contributed by atoms with E-state index < -0.39 is 11.9 Å². The zero-order valence-corrected chi connectivity index (χ0v) is 36.0. The largest absolute Gasteiger partial charge is 0.465 e. The monoisotopic (exact) mass is 809 g/mol. The lowest BCUT2D eigenvalue weighted by molar-refractivity contribution is -0.149. The Hall–Kier alpha value is -4.79. The van der Waals surface area contributed by atoms with E-state index in [1.165, 1.54) is 103 Å². The number of hydrogen-bond acceptors (Lipinski definition) is 9. The van der Waals surface area contributed by atoms with Gasteiger partial charge in [-0.05, 0) is 67.3 Å². The molecule has 1 atom stereocenters. The van der Waals surface area contributed by atoms with Crippen LogP contribution in [0.4, 0.5) is 0 Å². The van der Waals surface area contributed by atoms with E-state index in [9.17, 15) is 14.4 Å². The van der Waals surface area contributed by atoms with E-state index in [0.29, 0.717) is 36.1 Å². The molecule has 0 N–H and O–H groups in total. The van der Waals surface area contributed by atoms with Gasteiger partial charge in [-0.2, -0.15) is 4.98 Å². The Bertz CT molecular complexity index is 1770. The minimum absolute atomic E-state index is 0.0320. The lowest BCUT2D eigenvalue weighted by Crippen LogP contribution is -2.22. The molecule has 0 aliphatic carbocycles. The maximum atomic E-state index is 12.7. The van der Waals surface area contributed by atoms with Gasteiger partial charge in [0.1, 0.15) is 6.61 Å². The molecule has 0 spiro atoms. The standard InChI is InChI=1S/C50H68N2O7/c1-4-6-8-10-12-14-16-18-20-22-36-56-48(53)39(3)38-58-50(55)45-32-26-41(27-33-45)40-24-30-43(31-25-40)47-51-46(52-59-47)42-28-34-44(35-29-42)49(54)57-37-23-21-19-17-15-13-11-9-7-5-2/h24-35,39H,4-23,36-38H2,1-3H3/t39-/m0/s1. The fraction of sp³-hybridized carbons (Fsp3) is 0.540. The van der Waals surface area contributed by atoms with Crippen molar-refractivity contribution in [2.24, 2.45) is 5.92 Å². The third-order valence-corrected chi connectivity index (χ3v) is 10.7. The second-order valence-corrected chi connectivity index (χ2v) is 15.8. The molecule has 0 bridgehead atoms. The number of carbonyl (C=O) groups is 3. The van der Waals surface area contributed by atoms with Gasteiger partial charge in [0.15, 0.2) is 0 Å². The summed E-state index contributed by atoms with van der Waals surface area (Å²) >= 11 is 0. The summed E-state index contributed by atoms with van der Waals surface area (Å²) in [5, 5.41) is 4.15. The number of rotatable bonds is 30. The first kappa shape index (κ1) is 46.9. The summed E-state index contributed by atoms with van der Waals surface area (Å²) in [6, 6.07) is 21.9. The van der Waals surface area contributed by atoms with Crippen molar-refractivity contribution in [2.45, 2.75) is 149 Å². The van der Waals surface area contributed by atoms with Crippen molar-refractivity contribution in [3.05, 3.63) is 83.9 Å². The first-order valence-corrected chi connectivity index (χ1v) is 22.6. The van der Waals surface area contributed by atoms with E-state index in [-0.39, 0.29) is 18.5 Å². The molecule has 0 aliphatic rings. The molecule has 59 heavy (non-hydrogen) atoms. The highest BCUT2D eigenvalue weighted by molar-refractivity contribution is 5.90. The maximum absolute atomic E-state index is 12.7. The Morgan fingerprint density at radius 2 is 0.881 bits per heavy atom. The van der Waals surface area contributed by atoms with Crippen molar-refractivity contribution < 1.29 is 33.1 Å². The third kappa shape index (κ3) is 17.5. The van der Waals surface area contributed by atoms with E-state index in [1.807, 2.05) is 36.4 Å². The van der Waals surface area contributed by atoms with E-state index in [0.717, 1.165) is 47.9 Å². The Labute approximate surface area is 353 Å². The number of ether oxygens (including phenoxy) is 3. The summed E-state index contributed by atoms with van der Waals surface area (Å²) in [5.74, 6) is -0.882. The summed E-state index contributed by atoms with van der Waals surface area (Å²) in [6.07, 6.45) is 24.6. The summed E-state index contributed by atoms with van der Waals surface area (Å²) in [5.41, 5.74) is 4.26. The summed E-state index contributed by atoms with van der Waals surface area (Å²) in [4.78, 5) is 42.3. The Balaban J connectivity index is 1.13. The van der Waals surface area contributed by atoms with Gasteiger partial charge in [-0.25, -0.2) is 9.59 Å². The molecule has 0 radical (unpaired) electrons. The molecule has 0 amide bonds. The first-order valence-electron chi connectivity index (χ1n) is 22.6. The van der Waals surface area contributed by atoms with Gasteiger partial charge in [-0.1, -0.05) is 171 Å². The minimum atomic E-state index is -0.532. The maximum Gasteiger partial charge on any atom is 0.338 e. The van der Waals surface area contributed by atoms with Crippen molar-refractivity contribution >= 4 is 17.9 Å². The van der Waals surface area contributed by atoms with Crippen LogP contribution in [-0.4, -0.2) is 47.9 Å². The van der Waals surface area contributed by atoms with Gasteiger partial charge in [0.05, 0.1) is 30.3 Å². The molecule has 0 saturated heterocycles. The average Bonchev–Trinajstić information content (AvgIpc) is 3.77. The second-order valence-electron chi connectivity index (χ2n) is 15.8. The van der Waals surface area contributed by atoms with Crippen LogP contribution < -0.4 is 0 Å². The van der Waals surface area contributed by atoms with Crippen LogP contribution in [0.15, 0.2) is 77.3 Å². The third-order valence-electron chi connectivity index (χ3n) is 10.7. The quantitative estimate of drug-likeness (QED) is 0.0288. The van der Waals surface area contributed by atoms with Gasteiger partial charge in [-0.15, -0.1) is 0 Å². The number of esters is 3. The van der Waals surface area contributed by atoms with Crippen molar-refractivity contribution in [1.82, 2.24) is 10.1 Å². The SMILES string of the molecule is CCCCCCCCCCCCOC(=O)c1ccc(-c2noc(-c3ccc(-c4ccc(C(=O)OC[C@H](C)C(=O)OCCCCCCCCCCCC)cc4)cc3)n2)cc1. The summed E-state index contributed by atoms with van der Waals surface area (Å²) in [6.45, 7) is 7.00. The molecule has 9 heteroatoms. The van der Waals surface area contributed by atoms with Gasteiger partial charge in [-0.3, -0.25) is 4.79 Å². The number of aromatic nitrogens is 2. The summed E-state index contributed by atoms with van der Waals surface area (Å²) < 4.78 is 21.9. The molecular weight excluding hydrogens is 741 g/mol. The van der Waals surface area contributed by atoms with Gasteiger partial charge < -0.3 is 18.7 Å². The molecular formula is C50H68N2O7. The fourth-order valence-corrected chi connectivity index (χ4v) is 6.91. The molecule has 4 rings (SSSR count). The molecule has 0 unspecified atom stereocenters. The van der Waals surface area contributed by atoms with Gasteiger partial charge >= 0.3 is 17.9 Å². The van der Waals surface area contributed by atoms with Crippen molar-refractivity contribution in [3.63, 3.8) is 0 Å². The van der Waals surface area contributed by atoms with Crippen LogP contribution in [0.1, 0.15) is 170 Å². The molecule has 0 saturated carbocycles. The molecule has 3 aromatic carbocycles. The molecule has 320 valence electrons. The summed E-state index contributed by atoms with van der Waals surface area (Å²) in [7, 11) is 0. The van der Waals surface area contributed by atoms with Crippen LogP contribution in [0.5, 0.6) is 0 Å². The Morgan fingerprint density at radius 1 is 0.492 bits per heavy atom. The van der Waals surface area contributed by atoms with Crippen LogP contribution in [0.3, 0.4) is 0 Å². The zero-order valence-electron chi connectivity index (χ0n) is 36.0. The number of hydrogen-bond donors (Lipinski definition) is 0. The molecule has 4 aromatic rings. The second kappa shape index (κ2) is 27.8. The normalized spacial score (nSPS) is 11.6. The van der Waals surface area contributed by atoms with Crippen LogP contribution >= 0.6 is 0 Å². The fourth-order valence-electron chi connectivity index (χ4n) is 6.91.